The van der Waals surface area contributed by atoms with E-state index in [9.17, 15) is 4.79 Å². The molecule has 0 saturated carbocycles. The molecule has 0 bridgehead atoms. The zero-order valence-corrected chi connectivity index (χ0v) is 16.6. The number of ether oxygens (including phenoxy) is 1. The summed E-state index contributed by atoms with van der Waals surface area (Å²) in [5.41, 5.74) is 3.14. The van der Waals surface area contributed by atoms with E-state index in [-0.39, 0.29) is 12.5 Å². The summed E-state index contributed by atoms with van der Waals surface area (Å²) in [6.07, 6.45) is 0.961. The fraction of sp³-hybridized carbons (Fsp3) is 0.350. The van der Waals surface area contributed by atoms with E-state index in [1.807, 2.05) is 42.5 Å². The molecule has 0 aliphatic heterocycles. The van der Waals surface area contributed by atoms with Gasteiger partial charge in [0.05, 0.1) is 4.47 Å². The Kier molecular flexibility index (Phi) is 7.31. The van der Waals surface area contributed by atoms with Crippen LogP contribution < -0.4 is 15.0 Å². The summed E-state index contributed by atoms with van der Waals surface area (Å²) in [4.78, 5) is 14.3. The van der Waals surface area contributed by atoms with E-state index in [2.05, 4.69) is 46.9 Å². The van der Waals surface area contributed by atoms with Gasteiger partial charge in [0, 0.05) is 24.5 Å². The third-order valence-electron chi connectivity index (χ3n) is 4.04. The Labute approximate surface area is 158 Å². The highest BCUT2D eigenvalue weighted by Crippen LogP contribution is 2.26. The van der Waals surface area contributed by atoms with Gasteiger partial charge in [-0.2, -0.15) is 0 Å². The summed E-state index contributed by atoms with van der Waals surface area (Å²) in [7, 11) is 0. The van der Waals surface area contributed by atoms with Crippen LogP contribution >= 0.6 is 15.9 Å². The van der Waals surface area contributed by atoms with Gasteiger partial charge in [0.15, 0.2) is 6.61 Å². The van der Waals surface area contributed by atoms with E-state index < -0.39 is 0 Å². The van der Waals surface area contributed by atoms with Crippen molar-refractivity contribution in [2.75, 3.05) is 29.9 Å². The second-order valence-corrected chi connectivity index (χ2v) is 6.53. The zero-order valence-electron chi connectivity index (χ0n) is 15.0. The van der Waals surface area contributed by atoms with Crippen LogP contribution in [0.2, 0.25) is 0 Å². The van der Waals surface area contributed by atoms with E-state index >= 15 is 0 Å². The Morgan fingerprint density at radius 3 is 2.32 bits per heavy atom. The molecule has 0 spiro atoms. The average molecular weight is 405 g/mol. The largest absolute Gasteiger partial charge is 0.483 e. The molecule has 0 aliphatic rings. The Bertz CT molecular complexity index is 697. The summed E-state index contributed by atoms with van der Waals surface area (Å²) in [6.45, 7) is 8.25. The first-order valence-electron chi connectivity index (χ1n) is 8.63. The van der Waals surface area contributed by atoms with Crippen molar-refractivity contribution in [2.24, 2.45) is 0 Å². The first-order valence-corrected chi connectivity index (χ1v) is 9.42. The summed E-state index contributed by atoms with van der Waals surface area (Å²) in [5.74, 6) is 0.492. The van der Waals surface area contributed by atoms with Crippen molar-refractivity contribution in [3.05, 3.63) is 52.5 Å². The van der Waals surface area contributed by atoms with E-state index in [4.69, 9.17) is 4.74 Å². The predicted molar refractivity (Wildman–Crippen MR) is 108 cm³/mol. The molecule has 5 heteroatoms. The number of amides is 1. The number of carbonyl (C=O) groups excluding carboxylic acids is 1. The Balaban J connectivity index is 1.90. The normalized spacial score (nSPS) is 10.4. The number of hydrogen-bond acceptors (Lipinski definition) is 3. The van der Waals surface area contributed by atoms with Crippen molar-refractivity contribution in [3.8, 4) is 5.75 Å². The van der Waals surface area contributed by atoms with Crippen LogP contribution in [0.1, 0.15) is 26.3 Å². The van der Waals surface area contributed by atoms with Crippen LogP contribution in [0.3, 0.4) is 0 Å². The Morgan fingerprint density at radius 1 is 1.08 bits per heavy atom. The lowest BCUT2D eigenvalue weighted by Crippen LogP contribution is -2.22. The molecule has 0 fully saturated rings. The van der Waals surface area contributed by atoms with Gasteiger partial charge in [-0.3, -0.25) is 4.79 Å². The number of anilines is 2. The third-order valence-corrected chi connectivity index (χ3v) is 4.66. The van der Waals surface area contributed by atoms with Crippen molar-refractivity contribution in [2.45, 2.75) is 27.2 Å². The highest BCUT2D eigenvalue weighted by Gasteiger charge is 2.08. The van der Waals surface area contributed by atoms with Crippen molar-refractivity contribution in [1.29, 1.82) is 0 Å². The molecule has 25 heavy (non-hydrogen) atoms. The minimum Gasteiger partial charge on any atom is -0.483 e. The van der Waals surface area contributed by atoms with Crippen molar-refractivity contribution in [1.82, 2.24) is 0 Å². The van der Waals surface area contributed by atoms with Gasteiger partial charge in [-0.05, 0) is 78.2 Å². The van der Waals surface area contributed by atoms with E-state index in [1.54, 1.807) is 0 Å². The molecule has 1 amide bonds. The molecule has 134 valence electrons. The number of benzene rings is 2. The van der Waals surface area contributed by atoms with E-state index in [0.717, 1.165) is 35.4 Å². The maximum absolute atomic E-state index is 12.1. The quantitative estimate of drug-likeness (QED) is 0.681. The summed E-state index contributed by atoms with van der Waals surface area (Å²) >= 11 is 3.48. The molecule has 2 aromatic rings. The van der Waals surface area contributed by atoms with Crippen LogP contribution in [0.4, 0.5) is 11.4 Å². The molecule has 0 atom stereocenters. The summed E-state index contributed by atoms with van der Waals surface area (Å²) in [5, 5.41) is 2.86. The first-order chi connectivity index (χ1) is 12.1. The topological polar surface area (TPSA) is 41.6 Å². The van der Waals surface area contributed by atoms with Crippen molar-refractivity contribution < 1.29 is 9.53 Å². The molecule has 4 nitrogen and oxygen atoms in total. The van der Waals surface area contributed by atoms with Crippen LogP contribution in [0.15, 0.2) is 46.9 Å². The third kappa shape index (κ3) is 5.49. The summed E-state index contributed by atoms with van der Waals surface area (Å²) in [6, 6.07) is 13.8. The molecule has 0 aromatic heterocycles. The van der Waals surface area contributed by atoms with E-state index in [1.165, 1.54) is 5.56 Å². The van der Waals surface area contributed by atoms with Gasteiger partial charge in [0.1, 0.15) is 5.75 Å². The standard InChI is InChI=1S/C20H25BrN2O2/c1-4-15-7-12-19(18(21)13-15)25-14-20(24)22-16-8-10-17(11-9-16)23(5-2)6-3/h7-13H,4-6,14H2,1-3H3,(H,22,24). The van der Waals surface area contributed by atoms with Gasteiger partial charge in [-0.1, -0.05) is 13.0 Å². The fourth-order valence-electron chi connectivity index (χ4n) is 2.57. The number of aryl methyl sites for hydroxylation is 1. The second-order valence-electron chi connectivity index (χ2n) is 5.67. The van der Waals surface area contributed by atoms with Crippen molar-refractivity contribution >= 4 is 33.2 Å². The molecular weight excluding hydrogens is 380 g/mol. The van der Waals surface area contributed by atoms with Crippen LogP contribution in [-0.2, 0) is 11.2 Å². The lowest BCUT2D eigenvalue weighted by molar-refractivity contribution is -0.118. The SMILES string of the molecule is CCc1ccc(OCC(=O)Nc2ccc(N(CC)CC)cc2)c(Br)c1. The number of halogens is 1. The number of carbonyl (C=O) groups is 1. The molecule has 2 rings (SSSR count). The summed E-state index contributed by atoms with van der Waals surface area (Å²) < 4.78 is 6.46. The maximum Gasteiger partial charge on any atom is 0.262 e. The van der Waals surface area contributed by atoms with Crippen molar-refractivity contribution in [3.63, 3.8) is 0 Å². The van der Waals surface area contributed by atoms with Gasteiger partial charge in [-0.15, -0.1) is 0 Å². The lowest BCUT2D eigenvalue weighted by Gasteiger charge is -2.21. The molecule has 1 N–H and O–H groups in total. The molecule has 0 heterocycles. The van der Waals surface area contributed by atoms with Gasteiger partial charge < -0.3 is 15.0 Å². The minimum absolute atomic E-state index is 0.0259. The monoisotopic (exact) mass is 404 g/mol. The van der Waals surface area contributed by atoms with Gasteiger partial charge in [-0.25, -0.2) is 0 Å². The highest BCUT2D eigenvalue weighted by molar-refractivity contribution is 9.10. The van der Waals surface area contributed by atoms with Crippen LogP contribution in [0, 0.1) is 0 Å². The number of rotatable bonds is 8. The Morgan fingerprint density at radius 2 is 1.76 bits per heavy atom. The maximum atomic E-state index is 12.1. The predicted octanol–water partition coefficient (Wildman–Crippen LogP) is 4.88. The average Bonchev–Trinajstić information content (AvgIpc) is 2.63. The lowest BCUT2D eigenvalue weighted by atomic mass is 10.2. The van der Waals surface area contributed by atoms with Gasteiger partial charge in [0.25, 0.3) is 5.91 Å². The van der Waals surface area contributed by atoms with Gasteiger partial charge in [0.2, 0.25) is 0 Å². The minimum atomic E-state index is -0.179. The molecule has 0 saturated heterocycles. The highest BCUT2D eigenvalue weighted by atomic mass is 79.9. The van der Waals surface area contributed by atoms with Crippen LogP contribution in [-0.4, -0.2) is 25.6 Å². The first kappa shape index (κ1) is 19.3. The zero-order chi connectivity index (χ0) is 18.2. The fourth-order valence-corrected chi connectivity index (χ4v) is 3.11. The molecule has 2 aromatic carbocycles. The van der Waals surface area contributed by atoms with Crippen LogP contribution in [0.5, 0.6) is 5.75 Å². The Hall–Kier alpha value is -2.01. The van der Waals surface area contributed by atoms with Gasteiger partial charge >= 0.3 is 0 Å². The van der Waals surface area contributed by atoms with E-state index in [0.29, 0.717) is 5.75 Å². The number of nitrogens with one attached hydrogen (secondary N) is 1. The second kappa shape index (κ2) is 9.47. The molecule has 0 aliphatic carbocycles. The molecule has 0 radical (unpaired) electrons. The number of nitrogens with zero attached hydrogens (tertiary/aromatic N) is 1. The smallest absolute Gasteiger partial charge is 0.262 e. The molecular formula is C20H25BrN2O2. The van der Waals surface area contributed by atoms with Crippen LogP contribution in [0.25, 0.3) is 0 Å². The number of hydrogen-bond donors (Lipinski definition) is 1. The molecule has 0 unspecified atom stereocenters.